The van der Waals surface area contributed by atoms with Crippen LogP contribution in [0.3, 0.4) is 0 Å². The van der Waals surface area contributed by atoms with Crippen LogP contribution in [0.15, 0.2) is 60.1 Å². The molecular formula is C17H12Cl2N2OS. The molecule has 2 aromatic heterocycles. The average molecular weight is 363 g/mol. The lowest BCUT2D eigenvalue weighted by molar-refractivity contribution is 0.0943. The van der Waals surface area contributed by atoms with Crippen LogP contribution >= 0.6 is 34.5 Å². The van der Waals surface area contributed by atoms with E-state index in [0.29, 0.717) is 10.6 Å². The van der Waals surface area contributed by atoms with Crippen LogP contribution in [0.5, 0.6) is 0 Å². The summed E-state index contributed by atoms with van der Waals surface area (Å²) < 4.78 is 0. The maximum Gasteiger partial charge on any atom is 0.255 e. The Bertz CT molecular complexity index is 804. The third-order valence-electron chi connectivity index (χ3n) is 3.31. The van der Waals surface area contributed by atoms with Crippen LogP contribution in [0.25, 0.3) is 0 Å². The van der Waals surface area contributed by atoms with E-state index in [9.17, 15) is 4.79 Å². The molecule has 116 valence electrons. The second-order valence-corrected chi connectivity index (χ2v) is 6.59. The van der Waals surface area contributed by atoms with Crippen LogP contribution in [0.2, 0.25) is 10.2 Å². The van der Waals surface area contributed by atoms with E-state index in [1.165, 1.54) is 0 Å². The van der Waals surface area contributed by atoms with Gasteiger partial charge in [0.05, 0.1) is 11.6 Å². The standard InChI is InChI=1S/C17H12Cl2N2OS/c18-12-7-5-11(6-8-12)15(14-4-2-10-23-14)21-17(22)13-3-1-9-20-16(13)19/h1-10,15H,(H,21,22). The van der Waals surface area contributed by atoms with Gasteiger partial charge in [-0.05, 0) is 41.3 Å². The number of amides is 1. The molecule has 0 bridgehead atoms. The van der Waals surface area contributed by atoms with Gasteiger partial charge in [0.25, 0.3) is 5.91 Å². The van der Waals surface area contributed by atoms with Gasteiger partial charge in [0.2, 0.25) is 0 Å². The smallest absolute Gasteiger partial charge is 0.255 e. The van der Waals surface area contributed by atoms with Crippen molar-refractivity contribution in [2.75, 3.05) is 0 Å². The first-order valence-corrected chi connectivity index (χ1v) is 8.49. The van der Waals surface area contributed by atoms with Crippen molar-refractivity contribution in [2.24, 2.45) is 0 Å². The number of benzene rings is 1. The number of pyridine rings is 1. The molecule has 0 saturated heterocycles. The van der Waals surface area contributed by atoms with Crippen molar-refractivity contribution in [1.29, 1.82) is 0 Å². The van der Waals surface area contributed by atoms with E-state index in [4.69, 9.17) is 23.2 Å². The molecule has 0 fully saturated rings. The summed E-state index contributed by atoms with van der Waals surface area (Å²) >= 11 is 13.5. The number of thiophene rings is 1. The largest absolute Gasteiger partial charge is 0.340 e. The molecule has 3 rings (SSSR count). The number of aromatic nitrogens is 1. The van der Waals surface area contributed by atoms with Gasteiger partial charge in [-0.15, -0.1) is 11.3 Å². The second kappa shape index (κ2) is 7.13. The Kier molecular flexibility index (Phi) is 4.96. The lowest BCUT2D eigenvalue weighted by Crippen LogP contribution is -2.29. The van der Waals surface area contributed by atoms with Crippen LogP contribution in [-0.4, -0.2) is 10.9 Å². The zero-order valence-corrected chi connectivity index (χ0v) is 14.2. The number of halogens is 2. The fourth-order valence-electron chi connectivity index (χ4n) is 2.19. The first-order chi connectivity index (χ1) is 11.1. The Morgan fingerprint density at radius 2 is 1.87 bits per heavy atom. The van der Waals surface area contributed by atoms with Crippen LogP contribution in [0, 0.1) is 0 Å². The molecule has 3 nitrogen and oxygen atoms in total. The molecule has 1 unspecified atom stereocenters. The highest BCUT2D eigenvalue weighted by Gasteiger charge is 2.20. The molecule has 1 amide bonds. The minimum absolute atomic E-state index is 0.186. The number of nitrogens with one attached hydrogen (secondary N) is 1. The second-order valence-electron chi connectivity index (χ2n) is 4.82. The summed E-state index contributed by atoms with van der Waals surface area (Å²) in [6.07, 6.45) is 1.55. The van der Waals surface area contributed by atoms with Gasteiger partial charge in [-0.25, -0.2) is 4.98 Å². The maximum absolute atomic E-state index is 12.6. The number of carbonyl (C=O) groups excluding carboxylic acids is 1. The molecule has 6 heteroatoms. The lowest BCUT2D eigenvalue weighted by Gasteiger charge is -2.18. The van der Waals surface area contributed by atoms with Gasteiger partial charge in [0.1, 0.15) is 5.15 Å². The van der Waals surface area contributed by atoms with Crippen molar-refractivity contribution in [1.82, 2.24) is 10.3 Å². The zero-order valence-electron chi connectivity index (χ0n) is 11.9. The van der Waals surface area contributed by atoms with Crippen molar-refractivity contribution in [3.05, 3.63) is 86.3 Å². The maximum atomic E-state index is 12.6. The Hall–Kier alpha value is -1.88. The van der Waals surface area contributed by atoms with E-state index >= 15 is 0 Å². The minimum Gasteiger partial charge on any atom is -0.340 e. The summed E-state index contributed by atoms with van der Waals surface area (Å²) in [4.78, 5) is 17.5. The number of hydrogen-bond donors (Lipinski definition) is 1. The minimum atomic E-state index is -0.268. The van der Waals surface area contributed by atoms with Gasteiger partial charge in [-0.1, -0.05) is 41.4 Å². The predicted octanol–water partition coefficient (Wildman–Crippen LogP) is 4.97. The van der Waals surface area contributed by atoms with Gasteiger partial charge in [-0.3, -0.25) is 4.79 Å². The molecule has 0 aliphatic heterocycles. The van der Waals surface area contributed by atoms with E-state index < -0.39 is 0 Å². The fraction of sp³-hybridized carbons (Fsp3) is 0.0588. The molecule has 0 saturated carbocycles. The average Bonchev–Trinajstić information content (AvgIpc) is 3.08. The van der Waals surface area contributed by atoms with E-state index in [2.05, 4.69) is 10.3 Å². The summed E-state index contributed by atoms with van der Waals surface area (Å²) in [5, 5.41) is 5.83. The van der Waals surface area contributed by atoms with Crippen LogP contribution in [0.4, 0.5) is 0 Å². The highest BCUT2D eigenvalue weighted by Crippen LogP contribution is 2.27. The van der Waals surface area contributed by atoms with Crippen molar-refractivity contribution in [2.45, 2.75) is 6.04 Å². The molecule has 0 aliphatic rings. The molecule has 0 spiro atoms. The topological polar surface area (TPSA) is 42.0 Å². The molecule has 1 atom stereocenters. The normalized spacial score (nSPS) is 11.9. The molecule has 23 heavy (non-hydrogen) atoms. The molecule has 1 aromatic carbocycles. The third-order valence-corrected chi connectivity index (χ3v) is 4.80. The molecule has 0 aliphatic carbocycles. The van der Waals surface area contributed by atoms with E-state index in [-0.39, 0.29) is 17.1 Å². The summed E-state index contributed by atoms with van der Waals surface area (Å²) in [5.41, 5.74) is 1.30. The highest BCUT2D eigenvalue weighted by molar-refractivity contribution is 7.10. The van der Waals surface area contributed by atoms with Crippen molar-refractivity contribution >= 4 is 40.4 Å². The van der Waals surface area contributed by atoms with Crippen molar-refractivity contribution in [3.8, 4) is 0 Å². The summed E-state index contributed by atoms with van der Waals surface area (Å²) in [7, 11) is 0. The van der Waals surface area contributed by atoms with Crippen LogP contribution in [-0.2, 0) is 0 Å². The van der Waals surface area contributed by atoms with E-state index in [1.54, 1.807) is 41.8 Å². The monoisotopic (exact) mass is 362 g/mol. The summed E-state index contributed by atoms with van der Waals surface area (Å²) in [5.74, 6) is -0.267. The first kappa shape index (κ1) is 16.0. The van der Waals surface area contributed by atoms with E-state index in [0.717, 1.165) is 10.4 Å². The third kappa shape index (κ3) is 3.72. The number of rotatable bonds is 4. The van der Waals surface area contributed by atoms with Crippen LogP contribution < -0.4 is 5.32 Å². The quantitative estimate of drug-likeness (QED) is 0.665. The van der Waals surface area contributed by atoms with Crippen LogP contribution in [0.1, 0.15) is 26.8 Å². The van der Waals surface area contributed by atoms with Gasteiger partial charge in [0, 0.05) is 16.1 Å². The molecule has 0 radical (unpaired) electrons. The van der Waals surface area contributed by atoms with Gasteiger partial charge < -0.3 is 5.32 Å². The van der Waals surface area contributed by atoms with Gasteiger partial charge in [-0.2, -0.15) is 0 Å². The summed E-state index contributed by atoms with van der Waals surface area (Å²) in [6.45, 7) is 0. The number of hydrogen-bond acceptors (Lipinski definition) is 3. The fourth-order valence-corrected chi connectivity index (χ4v) is 3.33. The number of nitrogens with zero attached hydrogens (tertiary/aromatic N) is 1. The van der Waals surface area contributed by atoms with E-state index in [1.807, 2.05) is 29.6 Å². The van der Waals surface area contributed by atoms with Crippen molar-refractivity contribution < 1.29 is 4.79 Å². The summed E-state index contributed by atoms with van der Waals surface area (Å²) in [6, 6.07) is 14.4. The Morgan fingerprint density at radius 3 is 2.52 bits per heavy atom. The molecular weight excluding hydrogens is 351 g/mol. The zero-order chi connectivity index (χ0) is 16.2. The Morgan fingerprint density at radius 1 is 1.09 bits per heavy atom. The highest BCUT2D eigenvalue weighted by atomic mass is 35.5. The van der Waals surface area contributed by atoms with Gasteiger partial charge in [0.15, 0.2) is 0 Å². The molecule has 3 aromatic rings. The van der Waals surface area contributed by atoms with Gasteiger partial charge >= 0.3 is 0 Å². The van der Waals surface area contributed by atoms with Crippen molar-refractivity contribution in [3.63, 3.8) is 0 Å². The Balaban J connectivity index is 1.92. The SMILES string of the molecule is O=C(NC(c1ccc(Cl)cc1)c1cccs1)c1cccnc1Cl. The Labute approximate surface area is 147 Å². The lowest BCUT2D eigenvalue weighted by atomic mass is 10.0. The first-order valence-electron chi connectivity index (χ1n) is 6.85. The molecule has 1 N–H and O–H groups in total. The predicted molar refractivity (Wildman–Crippen MR) is 94.3 cm³/mol. The molecule has 2 heterocycles. The number of carbonyl (C=O) groups is 1.